The van der Waals surface area contributed by atoms with E-state index >= 15 is 0 Å². The van der Waals surface area contributed by atoms with Crippen molar-refractivity contribution in [3.8, 4) is 22.6 Å². The van der Waals surface area contributed by atoms with E-state index in [9.17, 15) is 0 Å². The van der Waals surface area contributed by atoms with Gasteiger partial charge in [-0.25, -0.2) is 4.42 Å². The van der Waals surface area contributed by atoms with Crippen molar-refractivity contribution in [3.05, 3.63) is 78.4 Å². The number of alkyl halides is 1. The summed E-state index contributed by atoms with van der Waals surface area (Å²) >= 11 is 5.80. The number of aryl methyl sites for hydroxylation is 1. The predicted octanol–water partition coefficient (Wildman–Crippen LogP) is 6.46. The smallest absolute Gasteiger partial charge is 0.207 e. The Balaban J connectivity index is 2.00. The first-order chi connectivity index (χ1) is 11.4. The van der Waals surface area contributed by atoms with E-state index < -0.39 is 0 Å². The average Bonchev–Trinajstić information content (AvgIpc) is 2.63. The van der Waals surface area contributed by atoms with Crippen molar-refractivity contribution in [1.82, 2.24) is 0 Å². The molecule has 0 N–H and O–H groups in total. The third kappa shape index (κ3) is 4.20. The zero-order chi connectivity index (χ0) is 15.9. The van der Waals surface area contributed by atoms with E-state index in [4.69, 9.17) is 16.0 Å². The zero-order valence-electron chi connectivity index (χ0n) is 13.0. The molecule has 0 bridgehead atoms. The molecule has 1 aromatic heterocycles. The minimum Gasteiger partial charge on any atom is -0.207 e. The fraction of sp³-hybridized carbons (Fsp3) is 0.190. The van der Waals surface area contributed by atoms with Crippen molar-refractivity contribution in [2.75, 3.05) is 5.88 Å². The van der Waals surface area contributed by atoms with Crippen LogP contribution in [0.4, 0.5) is 0 Å². The molecule has 0 amide bonds. The van der Waals surface area contributed by atoms with Crippen molar-refractivity contribution in [3.63, 3.8) is 0 Å². The van der Waals surface area contributed by atoms with Gasteiger partial charge in [-0.3, -0.25) is 0 Å². The Labute approximate surface area is 142 Å². The van der Waals surface area contributed by atoms with Crippen LogP contribution in [0.15, 0.2) is 77.2 Å². The van der Waals surface area contributed by atoms with Crippen LogP contribution in [0, 0.1) is 0 Å². The standard InChI is InChI=1S/C21H20ClO/c22-14-8-7-9-17-15-20(18-10-3-1-4-11-18)23-21(16-17)19-12-5-2-6-13-19/h1-6,10-13,15-16H,7-9,14H2/q+1. The summed E-state index contributed by atoms with van der Waals surface area (Å²) in [6.07, 6.45) is 3.15. The van der Waals surface area contributed by atoms with Gasteiger partial charge in [-0.15, -0.1) is 11.6 Å². The summed E-state index contributed by atoms with van der Waals surface area (Å²) in [7, 11) is 0. The van der Waals surface area contributed by atoms with Crippen LogP contribution in [-0.4, -0.2) is 5.88 Å². The normalized spacial score (nSPS) is 10.7. The highest BCUT2D eigenvalue weighted by molar-refractivity contribution is 6.17. The maximum Gasteiger partial charge on any atom is 0.361 e. The summed E-state index contributed by atoms with van der Waals surface area (Å²) in [5, 5.41) is 0. The Morgan fingerprint density at radius 2 is 1.22 bits per heavy atom. The van der Waals surface area contributed by atoms with Crippen LogP contribution in [0.2, 0.25) is 0 Å². The molecule has 3 aromatic rings. The van der Waals surface area contributed by atoms with Gasteiger partial charge in [-0.2, -0.15) is 0 Å². The minimum atomic E-state index is 0.717. The second-order valence-electron chi connectivity index (χ2n) is 5.57. The number of rotatable bonds is 6. The Kier molecular flexibility index (Phi) is 5.44. The van der Waals surface area contributed by atoms with Gasteiger partial charge in [0.1, 0.15) is 0 Å². The summed E-state index contributed by atoms with van der Waals surface area (Å²) in [6.45, 7) is 0. The molecule has 0 saturated carbocycles. The van der Waals surface area contributed by atoms with Crippen LogP contribution in [0.1, 0.15) is 18.4 Å². The Bertz CT molecular complexity index is 681. The molecule has 0 aliphatic carbocycles. The Hall–Kier alpha value is -2.12. The lowest BCUT2D eigenvalue weighted by Crippen LogP contribution is -1.90. The van der Waals surface area contributed by atoms with Crippen LogP contribution in [0.3, 0.4) is 0 Å². The fourth-order valence-electron chi connectivity index (χ4n) is 2.61. The van der Waals surface area contributed by atoms with E-state index in [0.717, 1.165) is 41.9 Å². The van der Waals surface area contributed by atoms with Crippen molar-refractivity contribution in [2.24, 2.45) is 0 Å². The minimum absolute atomic E-state index is 0.717. The van der Waals surface area contributed by atoms with E-state index in [-0.39, 0.29) is 0 Å². The van der Waals surface area contributed by atoms with E-state index in [1.54, 1.807) is 0 Å². The van der Waals surface area contributed by atoms with Crippen molar-refractivity contribution in [2.45, 2.75) is 19.3 Å². The van der Waals surface area contributed by atoms with Gasteiger partial charge >= 0.3 is 11.5 Å². The lowest BCUT2D eigenvalue weighted by molar-refractivity contribution is 0.578. The van der Waals surface area contributed by atoms with E-state index in [0.29, 0.717) is 5.88 Å². The number of hydrogen-bond acceptors (Lipinski definition) is 0. The Morgan fingerprint density at radius 3 is 1.70 bits per heavy atom. The summed E-state index contributed by atoms with van der Waals surface area (Å²) in [4.78, 5) is 0. The van der Waals surface area contributed by atoms with Crippen LogP contribution in [0.25, 0.3) is 22.6 Å². The quantitative estimate of drug-likeness (QED) is 0.288. The molecule has 0 aliphatic rings. The van der Waals surface area contributed by atoms with E-state index in [1.807, 2.05) is 36.4 Å². The molecule has 2 heteroatoms. The molecule has 0 saturated heterocycles. The van der Waals surface area contributed by atoms with Crippen LogP contribution in [-0.2, 0) is 6.42 Å². The molecule has 2 aromatic carbocycles. The number of unbranched alkanes of at least 4 members (excludes halogenated alkanes) is 1. The van der Waals surface area contributed by atoms with E-state index in [1.165, 1.54) is 5.56 Å². The maximum absolute atomic E-state index is 6.17. The van der Waals surface area contributed by atoms with Gasteiger partial charge < -0.3 is 0 Å². The topological polar surface area (TPSA) is 11.3 Å². The molecule has 0 aliphatic heterocycles. The largest absolute Gasteiger partial charge is 0.361 e. The molecular formula is C21H20ClO+. The monoisotopic (exact) mass is 323 g/mol. The second kappa shape index (κ2) is 7.94. The van der Waals surface area contributed by atoms with Gasteiger partial charge in [0.05, 0.1) is 11.1 Å². The first-order valence-electron chi connectivity index (χ1n) is 8.01. The van der Waals surface area contributed by atoms with Crippen molar-refractivity contribution >= 4 is 11.6 Å². The predicted molar refractivity (Wildman–Crippen MR) is 97.6 cm³/mol. The third-order valence-corrected chi connectivity index (χ3v) is 4.09. The molecule has 0 radical (unpaired) electrons. The number of halogens is 1. The molecule has 0 spiro atoms. The summed E-state index contributed by atoms with van der Waals surface area (Å²) < 4.78 is 6.17. The molecule has 1 heterocycles. The molecule has 3 rings (SSSR count). The van der Waals surface area contributed by atoms with Crippen molar-refractivity contribution < 1.29 is 4.42 Å². The van der Waals surface area contributed by atoms with Crippen LogP contribution in [0.5, 0.6) is 0 Å². The van der Waals surface area contributed by atoms with Gasteiger partial charge in [0, 0.05) is 18.0 Å². The lowest BCUT2D eigenvalue weighted by Gasteiger charge is -2.01. The summed E-state index contributed by atoms with van der Waals surface area (Å²) in [5.74, 6) is 2.54. The van der Waals surface area contributed by atoms with Crippen molar-refractivity contribution in [1.29, 1.82) is 0 Å². The molecule has 0 fully saturated rings. The van der Waals surface area contributed by atoms with Crippen LogP contribution >= 0.6 is 11.6 Å². The molecule has 0 atom stereocenters. The highest BCUT2D eigenvalue weighted by atomic mass is 35.5. The van der Waals surface area contributed by atoms with Gasteiger partial charge in [-0.05, 0) is 49.1 Å². The highest BCUT2D eigenvalue weighted by Crippen LogP contribution is 2.28. The summed E-state index contributed by atoms with van der Waals surface area (Å²) in [6, 6.07) is 24.8. The molecule has 23 heavy (non-hydrogen) atoms. The molecule has 0 unspecified atom stereocenters. The zero-order valence-corrected chi connectivity index (χ0v) is 13.8. The lowest BCUT2D eigenvalue weighted by atomic mass is 10.0. The van der Waals surface area contributed by atoms with Gasteiger partial charge in [0.15, 0.2) is 0 Å². The average molecular weight is 324 g/mol. The van der Waals surface area contributed by atoms with E-state index in [2.05, 4.69) is 36.4 Å². The number of hydrogen-bond donors (Lipinski definition) is 0. The van der Waals surface area contributed by atoms with Crippen LogP contribution < -0.4 is 0 Å². The van der Waals surface area contributed by atoms with Gasteiger partial charge in [0.25, 0.3) is 0 Å². The maximum atomic E-state index is 6.17. The number of benzene rings is 2. The molecule has 1 nitrogen and oxygen atoms in total. The first-order valence-corrected chi connectivity index (χ1v) is 8.54. The Morgan fingerprint density at radius 1 is 0.696 bits per heavy atom. The first kappa shape index (κ1) is 15.8. The van der Waals surface area contributed by atoms with Gasteiger partial charge in [-0.1, -0.05) is 36.4 Å². The third-order valence-electron chi connectivity index (χ3n) is 3.82. The highest BCUT2D eigenvalue weighted by Gasteiger charge is 2.19. The SMILES string of the molecule is ClCCCCc1cc(-c2ccccc2)[o+]c(-c2ccccc2)c1. The second-order valence-corrected chi connectivity index (χ2v) is 5.95. The fourth-order valence-corrected chi connectivity index (χ4v) is 2.80. The molecular weight excluding hydrogens is 304 g/mol. The van der Waals surface area contributed by atoms with Gasteiger partial charge in [0.2, 0.25) is 0 Å². The summed E-state index contributed by atoms with van der Waals surface area (Å²) in [5.41, 5.74) is 3.49. The molecule has 116 valence electrons.